The highest BCUT2D eigenvalue weighted by Gasteiger charge is 2.00. The Hall–Kier alpha value is -2.23. The number of hydrogen-bond donors (Lipinski definition) is 2. The second kappa shape index (κ2) is 7.17. The SMILES string of the molecule is C=CCNC(=O)/C=C\c1ccc(OCC)c(N)c1. The first-order valence-corrected chi connectivity index (χ1v) is 5.76. The number of carbonyl (C=O) groups excluding carboxylic acids is 1. The van der Waals surface area contributed by atoms with Gasteiger partial charge < -0.3 is 15.8 Å². The maximum atomic E-state index is 11.3. The second-order valence-electron chi connectivity index (χ2n) is 3.60. The summed E-state index contributed by atoms with van der Waals surface area (Å²) in [7, 11) is 0. The van der Waals surface area contributed by atoms with Crippen LogP contribution in [0.4, 0.5) is 5.69 Å². The van der Waals surface area contributed by atoms with E-state index >= 15 is 0 Å². The van der Waals surface area contributed by atoms with E-state index in [0.29, 0.717) is 24.6 Å². The van der Waals surface area contributed by atoms with E-state index in [1.807, 2.05) is 13.0 Å². The Balaban J connectivity index is 2.67. The summed E-state index contributed by atoms with van der Waals surface area (Å²) in [6.07, 6.45) is 4.78. The Kier molecular flexibility index (Phi) is 5.51. The predicted octanol–water partition coefficient (Wildman–Crippen LogP) is 1.98. The number of nitrogens with two attached hydrogens (primary N) is 1. The zero-order valence-electron chi connectivity index (χ0n) is 10.5. The van der Waals surface area contributed by atoms with E-state index in [-0.39, 0.29) is 5.91 Å². The van der Waals surface area contributed by atoms with Gasteiger partial charge in [0.1, 0.15) is 5.75 Å². The lowest BCUT2D eigenvalue weighted by Crippen LogP contribution is -2.20. The number of carbonyl (C=O) groups is 1. The van der Waals surface area contributed by atoms with Crippen LogP contribution in [0.3, 0.4) is 0 Å². The summed E-state index contributed by atoms with van der Waals surface area (Å²) < 4.78 is 5.33. The number of anilines is 1. The van der Waals surface area contributed by atoms with Crippen LogP contribution < -0.4 is 15.8 Å². The van der Waals surface area contributed by atoms with Crippen LogP contribution in [-0.4, -0.2) is 19.1 Å². The van der Waals surface area contributed by atoms with Crippen molar-refractivity contribution in [1.82, 2.24) is 5.32 Å². The Morgan fingerprint density at radius 3 is 2.94 bits per heavy atom. The first kappa shape index (κ1) is 13.8. The maximum Gasteiger partial charge on any atom is 0.244 e. The molecule has 0 aromatic heterocycles. The molecular formula is C14H18N2O2. The van der Waals surface area contributed by atoms with Gasteiger partial charge in [-0.2, -0.15) is 0 Å². The molecule has 0 spiro atoms. The van der Waals surface area contributed by atoms with Gasteiger partial charge >= 0.3 is 0 Å². The fraction of sp³-hybridized carbons (Fsp3) is 0.214. The molecule has 3 N–H and O–H groups in total. The van der Waals surface area contributed by atoms with Crippen LogP contribution in [0.1, 0.15) is 12.5 Å². The van der Waals surface area contributed by atoms with Crippen molar-refractivity contribution in [3.63, 3.8) is 0 Å². The maximum absolute atomic E-state index is 11.3. The molecule has 96 valence electrons. The van der Waals surface area contributed by atoms with Gasteiger partial charge in [0.2, 0.25) is 5.91 Å². The van der Waals surface area contributed by atoms with Crippen LogP contribution in [0.15, 0.2) is 36.9 Å². The third kappa shape index (κ3) is 4.33. The summed E-state index contributed by atoms with van der Waals surface area (Å²) in [6, 6.07) is 5.40. The van der Waals surface area contributed by atoms with E-state index in [2.05, 4.69) is 11.9 Å². The second-order valence-corrected chi connectivity index (χ2v) is 3.60. The van der Waals surface area contributed by atoms with Gasteiger partial charge in [-0.25, -0.2) is 0 Å². The van der Waals surface area contributed by atoms with Gasteiger partial charge in [0.05, 0.1) is 12.3 Å². The molecule has 4 heteroatoms. The summed E-state index contributed by atoms with van der Waals surface area (Å²) in [5, 5.41) is 2.65. The third-order valence-electron chi connectivity index (χ3n) is 2.18. The van der Waals surface area contributed by atoms with Crippen molar-refractivity contribution in [3.05, 3.63) is 42.5 Å². The summed E-state index contributed by atoms with van der Waals surface area (Å²) in [4.78, 5) is 11.3. The van der Waals surface area contributed by atoms with Crippen LogP contribution in [-0.2, 0) is 4.79 Å². The van der Waals surface area contributed by atoms with Crippen LogP contribution >= 0.6 is 0 Å². The number of nitrogen functional groups attached to an aromatic ring is 1. The third-order valence-corrected chi connectivity index (χ3v) is 2.18. The normalized spacial score (nSPS) is 10.3. The van der Waals surface area contributed by atoms with Crippen molar-refractivity contribution in [2.24, 2.45) is 0 Å². The number of ether oxygens (including phenoxy) is 1. The molecule has 0 unspecified atom stereocenters. The van der Waals surface area contributed by atoms with Crippen molar-refractivity contribution < 1.29 is 9.53 Å². The van der Waals surface area contributed by atoms with Crippen molar-refractivity contribution >= 4 is 17.7 Å². The molecule has 0 saturated heterocycles. The molecule has 0 bridgehead atoms. The Morgan fingerprint density at radius 1 is 1.56 bits per heavy atom. The fourth-order valence-corrected chi connectivity index (χ4v) is 1.36. The molecule has 0 heterocycles. The highest BCUT2D eigenvalue weighted by Crippen LogP contribution is 2.22. The quantitative estimate of drug-likeness (QED) is 0.458. The Morgan fingerprint density at radius 2 is 2.33 bits per heavy atom. The van der Waals surface area contributed by atoms with Crippen molar-refractivity contribution in [1.29, 1.82) is 0 Å². The molecular weight excluding hydrogens is 228 g/mol. The lowest BCUT2D eigenvalue weighted by molar-refractivity contribution is -0.116. The molecule has 0 radical (unpaired) electrons. The number of benzene rings is 1. The molecule has 4 nitrogen and oxygen atoms in total. The van der Waals surface area contributed by atoms with Crippen molar-refractivity contribution in [3.8, 4) is 5.75 Å². The minimum atomic E-state index is -0.164. The number of rotatable bonds is 6. The molecule has 1 aromatic rings. The molecule has 0 aliphatic rings. The van der Waals surface area contributed by atoms with Crippen molar-refractivity contribution in [2.45, 2.75) is 6.92 Å². The average molecular weight is 246 g/mol. The molecule has 0 atom stereocenters. The molecule has 0 fully saturated rings. The minimum Gasteiger partial charge on any atom is -0.492 e. The smallest absolute Gasteiger partial charge is 0.244 e. The number of amides is 1. The summed E-state index contributed by atoms with van der Waals surface area (Å²) in [5.74, 6) is 0.494. The largest absolute Gasteiger partial charge is 0.492 e. The molecule has 0 saturated carbocycles. The Labute approximate surface area is 107 Å². The fourth-order valence-electron chi connectivity index (χ4n) is 1.36. The lowest BCUT2D eigenvalue weighted by atomic mass is 10.1. The standard InChI is InChI=1S/C14H18N2O2/c1-3-9-16-14(17)8-6-11-5-7-13(18-4-2)12(15)10-11/h3,5-8,10H,1,4,9,15H2,2H3,(H,16,17)/b8-6-. The predicted molar refractivity (Wildman–Crippen MR) is 74.3 cm³/mol. The number of nitrogens with one attached hydrogen (secondary N) is 1. The van der Waals surface area contributed by atoms with Crippen molar-refractivity contribution in [2.75, 3.05) is 18.9 Å². The van der Waals surface area contributed by atoms with Gasteiger partial charge in [-0.15, -0.1) is 6.58 Å². The van der Waals surface area contributed by atoms with Crippen LogP contribution in [0, 0.1) is 0 Å². The van der Waals surface area contributed by atoms with E-state index in [0.717, 1.165) is 5.56 Å². The van der Waals surface area contributed by atoms with Gasteiger partial charge in [-0.3, -0.25) is 4.79 Å². The number of hydrogen-bond acceptors (Lipinski definition) is 3. The molecule has 18 heavy (non-hydrogen) atoms. The Bertz CT molecular complexity index is 453. The average Bonchev–Trinajstić information content (AvgIpc) is 2.37. The lowest BCUT2D eigenvalue weighted by Gasteiger charge is -2.06. The summed E-state index contributed by atoms with van der Waals surface area (Å²) >= 11 is 0. The van der Waals surface area contributed by atoms with E-state index < -0.39 is 0 Å². The van der Waals surface area contributed by atoms with E-state index in [1.54, 1.807) is 24.3 Å². The highest BCUT2D eigenvalue weighted by atomic mass is 16.5. The minimum absolute atomic E-state index is 0.164. The topological polar surface area (TPSA) is 64.3 Å². The first-order valence-electron chi connectivity index (χ1n) is 5.76. The van der Waals surface area contributed by atoms with E-state index in [4.69, 9.17) is 10.5 Å². The van der Waals surface area contributed by atoms with Gasteiger partial charge in [0, 0.05) is 12.6 Å². The van der Waals surface area contributed by atoms with E-state index in [1.165, 1.54) is 6.08 Å². The van der Waals surface area contributed by atoms with E-state index in [9.17, 15) is 4.79 Å². The monoisotopic (exact) mass is 246 g/mol. The zero-order valence-corrected chi connectivity index (χ0v) is 10.5. The van der Waals surface area contributed by atoms with Crippen LogP contribution in [0.25, 0.3) is 6.08 Å². The molecule has 0 aliphatic carbocycles. The molecule has 1 amide bonds. The van der Waals surface area contributed by atoms with Crippen LogP contribution in [0.2, 0.25) is 0 Å². The van der Waals surface area contributed by atoms with Crippen LogP contribution in [0.5, 0.6) is 5.75 Å². The molecule has 1 rings (SSSR count). The van der Waals surface area contributed by atoms with Gasteiger partial charge in [0.15, 0.2) is 0 Å². The van der Waals surface area contributed by atoms with Gasteiger partial charge in [-0.05, 0) is 30.7 Å². The van der Waals surface area contributed by atoms with Gasteiger partial charge in [-0.1, -0.05) is 12.1 Å². The van der Waals surface area contributed by atoms with Gasteiger partial charge in [0.25, 0.3) is 0 Å². The zero-order chi connectivity index (χ0) is 13.4. The summed E-state index contributed by atoms with van der Waals surface area (Å²) in [5.41, 5.74) is 7.23. The molecule has 1 aromatic carbocycles. The molecule has 0 aliphatic heterocycles. The summed E-state index contributed by atoms with van der Waals surface area (Å²) in [6.45, 7) is 6.45. The highest BCUT2D eigenvalue weighted by molar-refractivity contribution is 5.91. The first-order chi connectivity index (χ1) is 8.67.